The molecule has 0 aromatic heterocycles. The molecule has 0 spiro atoms. The molecule has 0 radical (unpaired) electrons. The highest BCUT2D eigenvalue weighted by Gasteiger charge is 2.17. The first-order chi connectivity index (χ1) is 18.2. The molecule has 2 N–H and O–H groups in total. The molecule has 0 heterocycles. The summed E-state index contributed by atoms with van der Waals surface area (Å²) in [5, 5.41) is 18.0. The number of nitro groups is 1. The summed E-state index contributed by atoms with van der Waals surface area (Å²) < 4.78 is 0. The summed E-state index contributed by atoms with van der Waals surface area (Å²) in [5.74, 6) is -1.24. The molecular weight excluding hydrogens is 506 g/mol. The van der Waals surface area contributed by atoms with Crippen molar-refractivity contribution in [2.24, 2.45) is 5.10 Å². The minimum atomic E-state index is -0.678. The second kappa shape index (κ2) is 13.2. The predicted octanol–water partition coefficient (Wildman–Crippen LogP) is 5.41. The number of hydrazone groups is 1. The third-order valence-electron chi connectivity index (χ3n) is 5.74. The maximum absolute atomic E-state index is 13.1. The zero-order valence-electron chi connectivity index (χ0n) is 21.3. The number of anilines is 1. The van der Waals surface area contributed by atoms with E-state index in [1.807, 2.05) is 24.3 Å². The van der Waals surface area contributed by atoms with E-state index in [0.717, 1.165) is 18.8 Å². The monoisotopic (exact) mass is 533 g/mol. The molecule has 0 saturated carbocycles. The molecule has 38 heavy (non-hydrogen) atoms. The summed E-state index contributed by atoms with van der Waals surface area (Å²) in [6.07, 6.45) is 1.54. The number of hydrogen-bond donors (Lipinski definition) is 2. The summed E-state index contributed by atoms with van der Waals surface area (Å²) in [5.41, 5.74) is 5.03. The Kier molecular flexibility index (Phi) is 9.72. The Labute approximate surface area is 226 Å². The lowest BCUT2D eigenvalue weighted by Gasteiger charge is -2.21. The molecule has 9 nitrogen and oxygen atoms in total. The van der Waals surface area contributed by atoms with Crippen molar-refractivity contribution in [1.29, 1.82) is 0 Å². The number of carbonyl (C=O) groups excluding carboxylic acids is 2. The molecule has 2 amide bonds. The van der Waals surface area contributed by atoms with E-state index in [0.29, 0.717) is 16.8 Å². The van der Waals surface area contributed by atoms with Crippen LogP contribution in [0.3, 0.4) is 0 Å². The molecule has 0 saturated heterocycles. The number of rotatable bonds is 10. The third kappa shape index (κ3) is 7.27. The van der Waals surface area contributed by atoms with E-state index >= 15 is 0 Å². The summed E-state index contributed by atoms with van der Waals surface area (Å²) >= 11 is 6.17. The first-order valence-corrected chi connectivity index (χ1v) is 12.3. The molecule has 10 heteroatoms. The van der Waals surface area contributed by atoms with Gasteiger partial charge in [0.1, 0.15) is 5.70 Å². The highest BCUT2D eigenvalue weighted by molar-refractivity contribution is 6.34. The second-order valence-electron chi connectivity index (χ2n) is 8.20. The highest BCUT2D eigenvalue weighted by Crippen LogP contribution is 2.18. The Bertz CT molecular complexity index is 1380. The fourth-order valence-electron chi connectivity index (χ4n) is 3.63. The lowest BCUT2D eigenvalue weighted by Crippen LogP contribution is -2.33. The van der Waals surface area contributed by atoms with Crippen LogP contribution in [0.25, 0.3) is 6.08 Å². The van der Waals surface area contributed by atoms with Gasteiger partial charge in [0.25, 0.3) is 17.5 Å². The van der Waals surface area contributed by atoms with Crippen LogP contribution in [0.2, 0.25) is 5.02 Å². The Hall–Kier alpha value is -4.50. The number of benzene rings is 3. The van der Waals surface area contributed by atoms with Crippen LogP contribution >= 0.6 is 11.6 Å². The molecular formula is C28H28ClN5O4. The minimum absolute atomic E-state index is 0.0545. The van der Waals surface area contributed by atoms with Gasteiger partial charge in [-0.05, 0) is 56.7 Å². The van der Waals surface area contributed by atoms with E-state index in [-0.39, 0.29) is 22.0 Å². The Morgan fingerprint density at radius 3 is 2.34 bits per heavy atom. The Morgan fingerprint density at radius 1 is 1.03 bits per heavy atom. The summed E-state index contributed by atoms with van der Waals surface area (Å²) in [7, 11) is 0. The Morgan fingerprint density at radius 2 is 1.71 bits per heavy atom. The highest BCUT2D eigenvalue weighted by atomic mass is 35.5. The van der Waals surface area contributed by atoms with Crippen molar-refractivity contribution in [2.45, 2.75) is 20.8 Å². The molecule has 0 unspecified atom stereocenters. The molecule has 0 aliphatic heterocycles. The molecule has 0 atom stereocenters. The van der Waals surface area contributed by atoms with Gasteiger partial charge in [0.2, 0.25) is 0 Å². The third-order valence-corrected chi connectivity index (χ3v) is 6.07. The summed E-state index contributed by atoms with van der Waals surface area (Å²) in [4.78, 5) is 38.8. The van der Waals surface area contributed by atoms with E-state index in [1.54, 1.807) is 37.3 Å². The van der Waals surface area contributed by atoms with Crippen LogP contribution in [0.4, 0.5) is 11.4 Å². The number of nitrogens with zero attached hydrogens (tertiary/aromatic N) is 3. The summed E-state index contributed by atoms with van der Waals surface area (Å²) in [6.45, 7) is 7.46. The fraction of sp³-hybridized carbons (Fsp3) is 0.179. The molecule has 3 rings (SSSR count). The van der Waals surface area contributed by atoms with Crippen molar-refractivity contribution in [2.75, 3.05) is 18.0 Å². The maximum Gasteiger partial charge on any atom is 0.287 e. The number of carbonyl (C=O) groups is 2. The van der Waals surface area contributed by atoms with Gasteiger partial charge in [-0.3, -0.25) is 19.7 Å². The van der Waals surface area contributed by atoms with Gasteiger partial charge < -0.3 is 10.2 Å². The second-order valence-corrected chi connectivity index (χ2v) is 8.61. The SMILES string of the molecule is CCN(CC)c1ccc(/C=C(/NC(=O)c2ccccc2Cl)C(=O)N/N=C(/C)c2cccc([N+](=O)[O-])c2)cc1. The van der Waals surface area contributed by atoms with Crippen LogP contribution in [-0.4, -0.2) is 35.5 Å². The van der Waals surface area contributed by atoms with Crippen LogP contribution < -0.4 is 15.6 Å². The van der Waals surface area contributed by atoms with Crippen LogP contribution in [0.1, 0.15) is 42.3 Å². The molecule has 0 fully saturated rings. The van der Waals surface area contributed by atoms with Gasteiger partial charge in [-0.1, -0.05) is 48.0 Å². The van der Waals surface area contributed by atoms with E-state index < -0.39 is 16.7 Å². The van der Waals surface area contributed by atoms with E-state index in [4.69, 9.17) is 11.6 Å². The lowest BCUT2D eigenvalue weighted by atomic mass is 10.1. The normalized spacial score (nSPS) is 11.6. The van der Waals surface area contributed by atoms with Gasteiger partial charge in [-0.2, -0.15) is 5.10 Å². The van der Waals surface area contributed by atoms with Crippen molar-refractivity contribution < 1.29 is 14.5 Å². The van der Waals surface area contributed by atoms with Crippen LogP contribution in [-0.2, 0) is 4.79 Å². The van der Waals surface area contributed by atoms with Gasteiger partial charge in [-0.25, -0.2) is 5.43 Å². The maximum atomic E-state index is 13.1. The number of halogens is 1. The largest absolute Gasteiger partial charge is 0.372 e. The van der Waals surface area contributed by atoms with Crippen molar-refractivity contribution in [1.82, 2.24) is 10.7 Å². The molecule has 0 aliphatic carbocycles. The average molecular weight is 534 g/mol. The van der Waals surface area contributed by atoms with Crippen molar-refractivity contribution >= 4 is 46.6 Å². The quantitative estimate of drug-likeness (QED) is 0.156. The molecule has 0 aliphatic rings. The molecule has 196 valence electrons. The van der Waals surface area contributed by atoms with Gasteiger partial charge in [0.15, 0.2) is 0 Å². The number of amides is 2. The predicted molar refractivity (Wildman–Crippen MR) is 150 cm³/mol. The van der Waals surface area contributed by atoms with Crippen LogP contribution in [0.5, 0.6) is 0 Å². The number of nitro benzene ring substituents is 1. The lowest BCUT2D eigenvalue weighted by molar-refractivity contribution is -0.384. The van der Waals surface area contributed by atoms with Gasteiger partial charge in [0.05, 0.1) is 21.2 Å². The number of non-ortho nitro benzene ring substituents is 1. The standard InChI is InChI=1S/C28H28ClN5O4/c1-4-33(5-2)22-15-13-20(14-16-22)17-26(30-27(35)24-11-6-7-12-25(24)29)28(36)32-31-19(3)21-9-8-10-23(18-21)34(37)38/h6-18H,4-5H2,1-3H3,(H,30,35)(H,32,36)/b26-17+,31-19-. The van der Waals surface area contributed by atoms with Crippen molar-refractivity contribution in [3.05, 3.63) is 110 Å². The van der Waals surface area contributed by atoms with Crippen LogP contribution in [0, 0.1) is 10.1 Å². The van der Waals surface area contributed by atoms with Gasteiger partial charge in [0, 0.05) is 36.5 Å². The fourth-order valence-corrected chi connectivity index (χ4v) is 3.86. The first kappa shape index (κ1) is 28.1. The van der Waals surface area contributed by atoms with Crippen molar-refractivity contribution in [3.8, 4) is 0 Å². The van der Waals surface area contributed by atoms with Crippen molar-refractivity contribution in [3.63, 3.8) is 0 Å². The molecule has 3 aromatic rings. The topological polar surface area (TPSA) is 117 Å². The molecule has 3 aromatic carbocycles. The van der Waals surface area contributed by atoms with E-state index in [2.05, 4.69) is 34.6 Å². The Balaban J connectivity index is 1.89. The first-order valence-electron chi connectivity index (χ1n) is 12.0. The van der Waals surface area contributed by atoms with E-state index in [1.165, 1.54) is 24.3 Å². The number of hydrogen-bond acceptors (Lipinski definition) is 6. The zero-order chi connectivity index (χ0) is 27.7. The van der Waals surface area contributed by atoms with Gasteiger partial charge in [-0.15, -0.1) is 0 Å². The van der Waals surface area contributed by atoms with E-state index in [9.17, 15) is 19.7 Å². The smallest absolute Gasteiger partial charge is 0.287 e. The molecule has 0 bridgehead atoms. The van der Waals surface area contributed by atoms with Gasteiger partial charge >= 0.3 is 0 Å². The summed E-state index contributed by atoms with van der Waals surface area (Å²) in [6, 6.07) is 20.0. The minimum Gasteiger partial charge on any atom is -0.372 e. The number of nitrogens with one attached hydrogen (secondary N) is 2. The van der Waals surface area contributed by atoms with Crippen LogP contribution in [0.15, 0.2) is 83.6 Å². The zero-order valence-corrected chi connectivity index (χ0v) is 22.0. The average Bonchev–Trinajstić information content (AvgIpc) is 2.92.